The third-order valence-corrected chi connectivity index (χ3v) is 18.1. The second-order valence-corrected chi connectivity index (χ2v) is 20.2. The van der Waals surface area contributed by atoms with Crippen molar-refractivity contribution in [2.24, 2.45) is 0 Å². The molecule has 0 aliphatic carbocycles. The third kappa shape index (κ3) is 5.84. The number of hydrogen-bond acceptors (Lipinski definition) is 2. The lowest BCUT2D eigenvalue weighted by Crippen LogP contribution is -2.60. The van der Waals surface area contributed by atoms with Crippen LogP contribution in [0.1, 0.15) is 54.0 Å². The topological polar surface area (TPSA) is 6.48 Å². The van der Waals surface area contributed by atoms with Gasteiger partial charge in [-0.2, -0.15) is 0 Å². The Kier molecular flexibility index (Phi) is 8.56. The molecule has 7 aromatic carbocycles. The van der Waals surface area contributed by atoms with Gasteiger partial charge in [-0.05, 0) is 147 Å². The van der Waals surface area contributed by atoms with Crippen LogP contribution in [-0.4, -0.2) is 14.6 Å². The molecule has 3 heteroatoms. The van der Waals surface area contributed by atoms with E-state index in [4.69, 9.17) is 0 Å². The van der Waals surface area contributed by atoms with Gasteiger partial charge in [-0.3, -0.25) is 0 Å². The number of rotatable bonds is 6. The monoisotopic (exact) mass is 728 g/mol. The van der Waals surface area contributed by atoms with Gasteiger partial charge in [0.1, 0.15) is 8.07 Å². The lowest BCUT2D eigenvalue weighted by atomic mass is 9.92. The van der Waals surface area contributed by atoms with E-state index in [1.165, 1.54) is 110 Å². The van der Waals surface area contributed by atoms with Crippen molar-refractivity contribution in [3.8, 4) is 11.1 Å². The first-order valence-corrected chi connectivity index (χ1v) is 22.8. The molecule has 270 valence electrons. The highest BCUT2D eigenvalue weighted by atomic mass is 28.3. The summed E-state index contributed by atoms with van der Waals surface area (Å²) in [6, 6.07) is 58.1. The quantitative estimate of drug-likeness (QED) is 0.124. The van der Waals surface area contributed by atoms with Crippen molar-refractivity contribution in [3.63, 3.8) is 0 Å². The van der Waals surface area contributed by atoms with Gasteiger partial charge in [-0.1, -0.05) is 129 Å². The van der Waals surface area contributed by atoms with Gasteiger partial charge in [-0.15, -0.1) is 0 Å². The molecule has 10 rings (SSSR count). The molecule has 0 radical (unpaired) electrons. The Morgan fingerprint density at radius 2 is 1.18 bits per heavy atom. The standard InChI is InChI=1S/C52H48N2Si/c1-3-40-34-39(23-28-47(40)46-29-27-44(33-37(46)2)53-30-12-14-41-13-4-5-15-48(41)53)21-20-38-22-24-43-36-45(26-25-42(43)35-38)54-49-16-6-8-18-51(49)55(31-10-11-32-55)52-19-9-7-17-50(52)54/h4-9,13,15-29,33-36H,3,10-12,14,30-32H2,1-2H3/b21-20+. The van der Waals surface area contributed by atoms with E-state index in [0.717, 1.165) is 19.4 Å². The molecule has 0 atom stereocenters. The number of benzene rings is 7. The molecule has 0 saturated carbocycles. The SMILES string of the molecule is CCc1cc(/C=C/c2ccc3cc(N4c5ccccc5[Si]5(CCCC5)c5ccccc54)ccc3c2)ccc1-c1ccc(N2CCCc3ccccc32)cc1C. The summed E-state index contributed by atoms with van der Waals surface area (Å²) in [5, 5.41) is 5.78. The molecular formula is C52H48N2Si. The molecule has 0 bridgehead atoms. The minimum atomic E-state index is -1.73. The van der Waals surface area contributed by atoms with Crippen molar-refractivity contribution in [2.75, 3.05) is 16.3 Å². The Bertz CT molecular complexity index is 2560. The van der Waals surface area contributed by atoms with Crippen molar-refractivity contribution in [1.82, 2.24) is 0 Å². The van der Waals surface area contributed by atoms with Crippen molar-refractivity contribution in [2.45, 2.75) is 58.0 Å². The lowest BCUT2D eigenvalue weighted by molar-refractivity contribution is 0.767. The number of aryl methyl sites for hydroxylation is 3. The fraction of sp³-hybridized carbons (Fsp3) is 0.192. The number of hydrogen-bond donors (Lipinski definition) is 0. The van der Waals surface area contributed by atoms with Crippen LogP contribution in [0.25, 0.3) is 34.1 Å². The summed E-state index contributed by atoms with van der Waals surface area (Å²) in [4.78, 5) is 5.03. The van der Waals surface area contributed by atoms with Crippen molar-refractivity contribution in [3.05, 3.63) is 173 Å². The molecule has 3 aliphatic rings. The minimum absolute atomic E-state index is 0.991. The second-order valence-electron chi connectivity index (χ2n) is 15.9. The summed E-state index contributed by atoms with van der Waals surface area (Å²) < 4.78 is 0. The maximum Gasteiger partial charge on any atom is 0.123 e. The summed E-state index contributed by atoms with van der Waals surface area (Å²) >= 11 is 0. The molecule has 7 aromatic rings. The van der Waals surface area contributed by atoms with Crippen molar-refractivity contribution < 1.29 is 0 Å². The van der Waals surface area contributed by atoms with Crippen LogP contribution in [-0.2, 0) is 12.8 Å². The Morgan fingerprint density at radius 1 is 0.564 bits per heavy atom. The molecule has 3 aliphatic heterocycles. The van der Waals surface area contributed by atoms with Gasteiger partial charge in [0.2, 0.25) is 0 Å². The van der Waals surface area contributed by atoms with E-state index in [2.05, 4.69) is 181 Å². The first-order valence-electron chi connectivity index (χ1n) is 20.4. The molecule has 55 heavy (non-hydrogen) atoms. The van der Waals surface area contributed by atoms with Gasteiger partial charge >= 0.3 is 0 Å². The molecule has 0 N–H and O–H groups in total. The smallest absolute Gasteiger partial charge is 0.123 e. The Balaban J connectivity index is 0.912. The molecule has 0 unspecified atom stereocenters. The number of para-hydroxylation sites is 3. The Labute approximate surface area is 327 Å². The highest BCUT2D eigenvalue weighted by Crippen LogP contribution is 2.44. The lowest BCUT2D eigenvalue weighted by Gasteiger charge is -2.42. The van der Waals surface area contributed by atoms with E-state index in [1.807, 2.05) is 0 Å². The van der Waals surface area contributed by atoms with Crippen LogP contribution >= 0.6 is 0 Å². The molecule has 0 aromatic heterocycles. The Hall–Kier alpha value is -5.64. The first kappa shape index (κ1) is 33.9. The van der Waals surface area contributed by atoms with Gasteiger partial charge in [-0.25, -0.2) is 0 Å². The molecule has 3 heterocycles. The minimum Gasteiger partial charge on any atom is -0.341 e. The fourth-order valence-electron chi connectivity index (χ4n) is 10.1. The van der Waals surface area contributed by atoms with Gasteiger partial charge in [0.25, 0.3) is 0 Å². The molecule has 2 nitrogen and oxygen atoms in total. The summed E-state index contributed by atoms with van der Waals surface area (Å²) in [6.45, 7) is 5.61. The van der Waals surface area contributed by atoms with Crippen LogP contribution in [0.4, 0.5) is 28.4 Å². The van der Waals surface area contributed by atoms with Crippen LogP contribution < -0.4 is 20.2 Å². The van der Waals surface area contributed by atoms with Gasteiger partial charge < -0.3 is 9.80 Å². The first-order chi connectivity index (χ1) is 27.1. The maximum absolute atomic E-state index is 2.53. The molecule has 1 spiro atoms. The number of nitrogens with zero attached hydrogens (tertiary/aromatic N) is 2. The zero-order chi connectivity index (χ0) is 36.9. The summed E-state index contributed by atoms with van der Waals surface area (Å²) in [5.41, 5.74) is 16.0. The van der Waals surface area contributed by atoms with Gasteiger partial charge in [0, 0.05) is 35.0 Å². The number of fused-ring (bicyclic) bond motifs is 6. The van der Waals surface area contributed by atoms with E-state index in [1.54, 1.807) is 10.4 Å². The predicted octanol–water partition coefficient (Wildman–Crippen LogP) is 12.8. The van der Waals surface area contributed by atoms with Gasteiger partial charge in [0.05, 0.1) is 0 Å². The zero-order valence-corrected chi connectivity index (χ0v) is 33.1. The van der Waals surface area contributed by atoms with Crippen LogP contribution in [0.2, 0.25) is 12.1 Å². The predicted molar refractivity (Wildman–Crippen MR) is 239 cm³/mol. The van der Waals surface area contributed by atoms with E-state index >= 15 is 0 Å². The third-order valence-electron chi connectivity index (χ3n) is 12.8. The van der Waals surface area contributed by atoms with Crippen LogP contribution in [0.15, 0.2) is 146 Å². The van der Waals surface area contributed by atoms with E-state index in [-0.39, 0.29) is 0 Å². The normalized spacial score (nSPS) is 15.7. The van der Waals surface area contributed by atoms with Crippen LogP contribution in [0.3, 0.4) is 0 Å². The van der Waals surface area contributed by atoms with E-state index in [9.17, 15) is 0 Å². The average Bonchev–Trinajstić information content (AvgIpc) is 3.73. The summed E-state index contributed by atoms with van der Waals surface area (Å²) in [6.07, 6.45) is 10.6. The van der Waals surface area contributed by atoms with E-state index in [0.29, 0.717) is 0 Å². The summed E-state index contributed by atoms with van der Waals surface area (Å²) in [5.74, 6) is 0. The highest BCUT2D eigenvalue weighted by Gasteiger charge is 2.47. The fourth-order valence-corrected chi connectivity index (χ4v) is 15.6. The van der Waals surface area contributed by atoms with E-state index < -0.39 is 8.07 Å². The zero-order valence-electron chi connectivity index (χ0n) is 32.1. The number of anilines is 5. The van der Waals surface area contributed by atoms with Gasteiger partial charge in [0.15, 0.2) is 0 Å². The van der Waals surface area contributed by atoms with Crippen molar-refractivity contribution in [1.29, 1.82) is 0 Å². The largest absolute Gasteiger partial charge is 0.341 e. The average molecular weight is 729 g/mol. The molecule has 0 amide bonds. The van der Waals surface area contributed by atoms with Crippen LogP contribution in [0.5, 0.6) is 0 Å². The van der Waals surface area contributed by atoms with Crippen molar-refractivity contribution >= 4 is 69.8 Å². The second kappa shape index (κ2) is 13.9. The molecular weight excluding hydrogens is 681 g/mol. The van der Waals surface area contributed by atoms with Crippen LogP contribution in [0, 0.1) is 6.92 Å². The summed E-state index contributed by atoms with van der Waals surface area (Å²) in [7, 11) is -1.73. The highest BCUT2D eigenvalue weighted by molar-refractivity contribution is 7.05. The molecule has 1 saturated heterocycles. The molecule has 1 fully saturated rings. The maximum atomic E-state index is 2.53. The Morgan fingerprint density at radius 3 is 1.93 bits per heavy atom.